The third-order valence-electron chi connectivity index (χ3n) is 3.21. The zero-order valence-electron chi connectivity index (χ0n) is 12.2. The number of carbonyl (C=O) groups excluding carboxylic acids is 1. The molecule has 2 aromatic heterocycles. The second-order valence-corrected chi connectivity index (χ2v) is 7.19. The molecule has 0 bridgehead atoms. The van der Waals surface area contributed by atoms with Gasteiger partial charge in [-0.05, 0) is 25.3 Å². The molecule has 0 saturated carbocycles. The zero-order valence-corrected chi connectivity index (χ0v) is 13.9. The molecule has 3 aromatic rings. The number of hydrogen-bond acceptors (Lipinski definition) is 5. The van der Waals surface area contributed by atoms with Gasteiger partial charge < -0.3 is 0 Å². The number of nitrogens with zero attached hydrogens (tertiary/aromatic N) is 2. The summed E-state index contributed by atoms with van der Waals surface area (Å²) < 4.78 is 0. The lowest BCUT2D eigenvalue weighted by Crippen LogP contribution is -2.13. The average molecular weight is 329 g/mol. The molecule has 0 spiro atoms. The third-order valence-corrected chi connectivity index (χ3v) is 5.04. The van der Waals surface area contributed by atoms with Crippen molar-refractivity contribution in [3.05, 3.63) is 52.9 Å². The zero-order chi connectivity index (χ0) is 15.5. The predicted molar refractivity (Wildman–Crippen MR) is 90.5 cm³/mol. The summed E-state index contributed by atoms with van der Waals surface area (Å²) in [6, 6.07) is 11.6. The molecule has 0 unspecified atom stereocenters. The minimum absolute atomic E-state index is 0.0903. The average Bonchev–Trinajstić information content (AvgIpc) is 3.18. The maximum atomic E-state index is 12.4. The summed E-state index contributed by atoms with van der Waals surface area (Å²) in [6.45, 7) is 3.89. The number of ketones is 1. The Labute approximate surface area is 137 Å². The van der Waals surface area contributed by atoms with Crippen LogP contribution in [0.25, 0.3) is 10.7 Å². The van der Waals surface area contributed by atoms with Crippen molar-refractivity contribution >= 4 is 28.9 Å². The first-order valence-electron chi connectivity index (χ1n) is 6.87. The predicted octanol–water partition coefficient (Wildman–Crippen LogP) is 4.21. The standard InChI is InChI=1S/C16H15N3OS2/c1-10-5-7-12(8-6-10)14(20)11(2)22-16-17-15(18-19-16)13-4-3-9-21-13/h3-9,11H,1-2H3,(H,17,18,19)/t11-/m0/s1. The number of aromatic nitrogens is 3. The van der Waals surface area contributed by atoms with Crippen LogP contribution in [0.4, 0.5) is 0 Å². The molecule has 0 aliphatic heterocycles. The van der Waals surface area contributed by atoms with Crippen LogP contribution in [0.15, 0.2) is 46.9 Å². The molecule has 1 aromatic carbocycles. The molecule has 0 amide bonds. The van der Waals surface area contributed by atoms with Gasteiger partial charge in [-0.3, -0.25) is 9.89 Å². The number of thiophene rings is 1. The van der Waals surface area contributed by atoms with E-state index in [0.717, 1.165) is 21.8 Å². The van der Waals surface area contributed by atoms with Gasteiger partial charge in [0.25, 0.3) is 0 Å². The Kier molecular flexibility index (Phi) is 4.40. The van der Waals surface area contributed by atoms with Gasteiger partial charge in [0, 0.05) is 5.56 Å². The van der Waals surface area contributed by atoms with Gasteiger partial charge in [-0.2, -0.15) is 0 Å². The first kappa shape index (κ1) is 15.0. The Morgan fingerprint density at radius 2 is 2.05 bits per heavy atom. The molecule has 6 heteroatoms. The van der Waals surface area contributed by atoms with Gasteiger partial charge >= 0.3 is 0 Å². The molecule has 0 radical (unpaired) electrons. The Bertz CT molecular complexity index is 763. The number of aryl methyl sites for hydroxylation is 1. The summed E-state index contributed by atoms with van der Waals surface area (Å²) in [4.78, 5) is 17.9. The van der Waals surface area contributed by atoms with Gasteiger partial charge in [-0.25, -0.2) is 4.98 Å². The van der Waals surface area contributed by atoms with Crippen molar-refractivity contribution < 1.29 is 4.79 Å². The van der Waals surface area contributed by atoms with Crippen LogP contribution in [0.1, 0.15) is 22.8 Å². The van der Waals surface area contributed by atoms with E-state index >= 15 is 0 Å². The lowest BCUT2D eigenvalue weighted by molar-refractivity contribution is 0.0994. The van der Waals surface area contributed by atoms with Gasteiger partial charge in [0.1, 0.15) is 0 Å². The van der Waals surface area contributed by atoms with Crippen LogP contribution in [-0.4, -0.2) is 26.2 Å². The van der Waals surface area contributed by atoms with Gasteiger partial charge in [0.15, 0.2) is 11.6 Å². The van der Waals surface area contributed by atoms with Crippen molar-refractivity contribution in [1.82, 2.24) is 15.2 Å². The second-order valence-electron chi connectivity index (χ2n) is 4.93. The molecule has 0 aliphatic carbocycles. The Balaban J connectivity index is 1.70. The van der Waals surface area contributed by atoms with Crippen LogP contribution in [0.3, 0.4) is 0 Å². The van der Waals surface area contributed by atoms with E-state index in [-0.39, 0.29) is 11.0 Å². The SMILES string of the molecule is Cc1ccc(C(=O)[C@H](C)Sc2n[nH]c(-c3cccs3)n2)cc1. The van der Waals surface area contributed by atoms with E-state index in [1.54, 1.807) is 11.3 Å². The molecule has 0 fully saturated rings. The monoisotopic (exact) mass is 329 g/mol. The Morgan fingerprint density at radius 1 is 1.27 bits per heavy atom. The minimum atomic E-state index is -0.227. The first-order valence-corrected chi connectivity index (χ1v) is 8.63. The van der Waals surface area contributed by atoms with Gasteiger partial charge in [-0.1, -0.05) is 47.7 Å². The van der Waals surface area contributed by atoms with E-state index < -0.39 is 0 Å². The van der Waals surface area contributed by atoms with E-state index in [4.69, 9.17) is 0 Å². The van der Waals surface area contributed by atoms with Crippen LogP contribution in [-0.2, 0) is 0 Å². The maximum Gasteiger partial charge on any atom is 0.209 e. The van der Waals surface area contributed by atoms with Crippen molar-refractivity contribution in [2.75, 3.05) is 0 Å². The number of benzene rings is 1. The Morgan fingerprint density at radius 3 is 2.73 bits per heavy atom. The summed E-state index contributed by atoms with van der Waals surface area (Å²) in [7, 11) is 0. The van der Waals surface area contributed by atoms with Gasteiger partial charge in [-0.15, -0.1) is 16.4 Å². The number of H-pyrrole nitrogens is 1. The highest BCUT2D eigenvalue weighted by molar-refractivity contribution is 8.00. The van der Waals surface area contributed by atoms with Crippen molar-refractivity contribution in [2.24, 2.45) is 0 Å². The molecule has 3 rings (SSSR count). The number of carbonyl (C=O) groups is 1. The third kappa shape index (κ3) is 3.28. The van der Waals surface area contributed by atoms with E-state index in [0.29, 0.717) is 5.16 Å². The molecule has 4 nitrogen and oxygen atoms in total. The number of thioether (sulfide) groups is 1. The lowest BCUT2D eigenvalue weighted by atomic mass is 10.1. The molecule has 22 heavy (non-hydrogen) atoms. The normalized spacial score (nSPS) is 12.3. The number of hydrogen-bond donors (Lipinski definition) is 1. The highest BCUT2D eigenvalue weighted by Gasteiger charge is 2.19. The quantitative estimate of drug-likeness (QED) is 0.563. The second kappa shape index (κ2) is 6.46. The largest absolute Gasteiger partial charge is 0.293 e. The van der Waals surface area contributed by atoms with E-state index in [2.05, 4.69) is 15.2 Å². The number of rotatable bonds is 5. The van der Waals surface area contributed by atoms with E-state index in [1.165, 1.54) is 11.8 Å². The number of nitrogens with one attached hydrogen (secondary N) is 1. The number of aromatic amines is 1. The summed E-state index contributed by atoms with van der Waals surface area (Å²) in [5.41, 5.74) is 1.87. The van der Waals surface area contributed by atoms with Crippen LogP contribution in [0, 0.1) is 6.92 Å². The first-order chi connectivity index (χ1) is 10.6. The fraction of sp³-hybridized carbons (Fsp3) is 0.188. The number of Topliss-reactive ketones (excluding diaryl/α,β-unsaturated/α-hetero) is 1. The maximum absolute atomic E-state index is 12.4. The van der Waals surface area contributed by atoms with Crippen LogP contribution in [0.2, 0.25) is 0 Å². The summed E-state index contributed by atoms with van der Waals surface area (Å²) in [6.07, 6.45) is 0. The fourth-order valence-electron chi connectivity index (χ4n) is 1.99. The summed E-state index contributed by atoms with van der Waals surface area (Å²) >= 11 is 2.97. The molecule has 0 saturated heterocycles. The van der Waals surface area contributed by atoms with E-state index in [9.17, 15) is 4.79 Å². The van der Waals surface area contributed by atoms with Gasteiger partial charge in [0.2, 0.25) is 5.16 Å². The highest BCUT2D eigenvalue weighted by Crippen LogP contribution is 2.26. The van der Waals surface area contributed by atoms with Crippen molar-refractivity contribution in [2.45, 2.75) is 24.3 Å². The molecule has 2 heterocycles. The topological polar surface area (TPSA) is 58.6 Å². The van der Waals surface area contributed by atoms with Gasteiger partial charge in [0.05, 0.1) is 10.1 Å². The van der Waals surface area contributed by atoms with Crippen LogP contribution in [0.5, 0.6) is 0 Å². The highest BCUT2D eigenvalue weighted by atomic mass is 32.2. The van der Waals surface area contributed by atoms with Crippen LogP contribution >= 0.6 is 23.1 Å². The molecule has 1 atom stereocenters. The van der Waals surface area contributed by atoms with Crippen molar-refractivity contribution in [3.8, 4) is 10.7 Å². The van der Waals surface area contributed by atoms with Crippen molar-refractivity contribution in [3.63, 3.8) is 0 Å². The van der Waals surface area contributed by atoms with E-state index in [1.807, 2.05) is 55.6 Å². The molecule has 0 aliphatic rings. The smallest absolute Gasteiger partial charge is 0.209 e. The molecular formula is C16H15N3OS2. The molecular weight excluding hydrogens is 314 g/mol. The fourth-order valence-corrected chi connectivity index (χ4v) is 3.45. The van der Waals surface area contributed by atoms with Crippen molar-refractivity contribution in [1.29, 1.82) is 0 Å². The lowest BCUT2D eigenvalue weighted by Gasteiger charge is -2.07. The minimum Gasteiger partial charge on any atom is -0.293 e. The Hall–Kier alpha value is -1.92. The summed E-state index contributed by atoms with van der Waals surface area (Å²) in [5, 5.41) is 9.46. The summed E-state index contributed by atoms with van der Waals surface area (Å²) in [5.74, 6) is 0.833. The van der Waals surface area contributed by atoms with Crippen LogP contribution < -0.4 is 0 Å². The molecule has 112 valence electrons. The molecule has 1 N–H and O–H groups in total.